The summed E-state index contributed by atoms with van der Waals surface area (Å²) in [6, 6.07) is 8.03. The van der Waals surface area contributed by atoms with Gasteiger partial charge in [0.25, 0.3) is 5.91 Å². The molecule has 2 rings (SSSR count). The Labute approximate surface area is 119 Å². The molecule has 0 spiro atoms. The van der Waals surface area contributed by atoms with Crippen LogP contribution in [-0.2, 0) is 6.54 Å². The van der Waals surface area contributed by atoms with Crippen molar-refractivity contribution in [2.24, 2.45) is 0 Å². The number of rotatable bonds is 4. The third-order valence-electron chi connectivity index (χ3n) is 2.81. The van der Waals surface area contributed by atoms with Gasteiger partial charge in [0.1, 0.15) is 11.5 Å². The lowest BCUT2D eigenvalue weighted by molar-refractivity contribution is 0.0747. The molecule has 0 aliphatic rings. The molecule has 1 N–H and O–H groups in total. The highest BCUT2D eigenvalue weighted by Crippen LogP contribution is 2.14. The molecule has 1 aromatic carbocycles. The number of benzene rings is 1. The third kappa shape index (κ3) is 3.44. The Morgan fingerprint density at radius 2 is 2.21 bits per heavy atom. The molecule has 0 saturated heterocycles. The largest absolute Gasteiger partial charge is 0.356 e. The highest BCUT2D eigenvalue weighted by molar-refractivity contribution is 9.10. The average molecular weight is 325 g/mol. The number of hydrogen-bond donors (Lipinski definition) is 1. The fourth-order valence-electron chi connectivity index (χ4n) is 1.84. The lowest BCUT2D eigenvalue weighted by atomic mass is 10.2. The SMILES string of the molecule is CCN(Cc1cccc(F)c1)C(=O)c1cc(Br)c[nH]1. The highest BCUT2D eigenvalue weighted by atomic mass is 79.9. The maximum Gasteiger partial charge on any atom is 0.270 e. The third-order valence-corrected chi connectivity index (χ3v) is 3.27. The van der Waals surface area contributed by atoms with E-state index in [1.807, 2.05) is 13.0 Å². The number of carbonyl (C=O) groups excluding carboxylic acids is 1. The molecule has 0 unspecified atom stereocenters. The van der Waals surface area contributed by atoms with Crippen LogP contribution in [-0.4, -0.2) is 22.3 Å². The van der Waals surface area contributed by atoms with Gasteiger partial charge in [0.05, 0.1) is 0 Å². The molecule has 5 heteroatoms. The van der Waals surface area contributed by atoms with Gasteiger partial charge in [-0.15, -0.1) is 0 Å². The second-order valence-corrected chi connectivity index (χ2v) is 5.10. The van der Waals surface area contributed by atoms with Gasteiger partial charge in [-0.3, -0.25) is 4.79 Å². The van der Waals surface area contributed by atoms with Gasteiger partial charge in [-0.25, -0.2) is 4.39 Å². The molecular formula is C14H14BrFN2O. The Kier molecular flexibility index (Phi) is 4.37. The Hall–Kier alpha value is -1.62. The van der Waals surface area contributed by atoms with Crippen molar-refractivity contribution in [3.05, 3.63) is 58.1 Å². The summed E-state index contributed by atoms with van der Waals surface area (Å²) in [5.41, 5.74) is 1.30. The summed E-state index contributed by atoms with van der Waals surface area (Å²) in [7, 11) is 0. The molecule has 100 valence electrons. The van der Waals surface area contributed by atoms with Crippen molar-refractivity contribution in [3.8, 4) is 0 Å². The first-order valence-corrected chi connectivity index (χ1v) is 6.77. The van der Waals surface area contributed by atoms with Gasteiger partial charge in [-0.05, 0) is 46.6 Å². The topological polar surface area (TPSA) is 36.1 Å². The minimum absolute atomic E-state index is 0.0996. The fraction of sp³-hybridized carbons (Fsp3) is 0.214. The number of halogens is 2. The standard InChI is InChI=1S/C14H14BrFN2O/c1-2-18(9-10-4-3-5-12(16)6-10)14(19)13-7-11(15)8-17-13/h3-8,17H,2,9H2,1H3. The van der Waals surface area contributed by atoms with Crippen LogP contribution >= 0.6 is 15.9 Å². The average Bonchev–Trinajstić information content (AvgIpc) is 2.82. The van der Waals surface area contributed by atoms with Crippen LogP contribution in [0, 0.1) is 5.82 Å². The van der Waals surface area contributed by atoms with E-state index in [2.05, 4.69) is 20.9 Å². The summed E-state index contributed by atoms with van der Waals surface area (Å²) < 4.78 is 14.0. The lowest BCUT2D eigenvalue weighted by Crippen LogP contribution is -2.30. The maximum atomic E-state index is 13.1. The molecule has 0 aliphatic heterocycles. The second kappa shape index (κ2) is 6.02. The van der Waals surface area contributed by atoms with Crippen LogP contribution in [0.3, 0.4) is 0 Å². The summed E-state index contributed by atoms with van der Waals surface area (Å²) in [6.45, 7) is 2.85. The Morgan fingerprint density at radius 1 is 1.42 bits per heavy atom. The zero-order chi connectivity index (χ0) is 13.8. The fourth-order valence-corrected chi connectivity index (χ4v) is 2.19. The lowest BCUT2D eigenvalue weighted by Gasteiger charge is -2.20. The van der Waals surface area contributed by atoms with E-state index in [0.717, 1.165) is 10.0 Å². The number of H-pyrrole nitrogens is 1. The van der Waals surface area contributed by atoms with Crippen LogP contribution < -0.4 is 0 Å². The molecule has 0 atom stereocenters. The summed E-state index contributed by atoms with van der Waals surface area (Å²) in [5.74, 6) is -0.388. The minimum atomic E-state index is -0.288. The number of amides is 1. The molecule has 3 nitrogen and oxygen atoms in total. The van der Waals surface area contributed by atoms with E-state index in [9.17, 15) is 9.18 Å². The van der Waals surface area contributed by atoms with Crippen molar-refractivity contribution in [2.75, 3.05) is 6.54 Å². The van der Waals surface area contributed by atoms with Gasteiger partial charge < -0.3 is 9.88 Å². The number of hydrogen-bond acceptors (Lipinski definition) is 1. The number of nitrogens with one attached hydrogen (secondary N) is 1. The van der Waals surface area contributed by atoms with Crippen molar-refractivity contribution in [1.82, 2.24) is 9.88 Å². The van der Waals surface area contributed by atoms with Crippen LogP contribution in [0.25, 0.3) is 0 Å². The normalized spacial score (nSPS) is 10.5. The quantitative estimate of drug-likeness (QED) is 0.916. The molecule has 19 heavy (non-hydrogen) atoms. The summed E-state index contributed by atoms with van der Waals surface area (Å²) in [5, 5.41) is 0. The molecule has 0 saturated carbocycles. The van der Waals surface area contributed by atoms with Gasteiger partial charge >= 0.3 is 0 Å². The zero-order valence-electron chi connectivity index (χ0n) is 10.5. The van der Waals surface area contributed by atoms with Gasteiger partial charge in [0.2, 0.25) is 0 Å². The van der Waals surface area contributed by atoms with Crippen molar-refractivity contribution < 1.29 is 9.18 Å². The van der Waals surface area contributed by atoms with E-state index < -0.39 is 0 Å². The molecule has 1 heterocycles. The first-order chi connectivity index (χ1) is 9.10. The van der Waals surface area contributed by atoms with Gasteiger partial charge in [0.15, 0.2) is 0 Å². The molecule has 1 aromatic heterocycles. The van der Waals surface area contributed by atoms with E-state index in [4.69, 9.17) is 0 Å². The molecule has 0 radical (unpaired) electrons. The van der Waals surface area contributed by atoms with Crippen LogP contribution in [0.4, 0.5) is 4.39 Å². The second-order valence-electron chi connectivity index (χ2n) is 4.18. The predicted molar refractivity (Wildman–Crippen MR) is 75.3 cm³/mol. The van der Waals surface area contributed by atoms with Crippen LogP contribution in [0.1, 0.15) is 23.0 Å². The molecule has 2 aromatic rings. The molecule has 0 bridgehead atoms. The van der Waals surface area contributed by atoms with E-state index in [1.165, 1.54) is 12.1 Å². The Balaban J connectivity index is 2.14. The Morgan fingerprint density at radius 3 is 2.79 bits per heavy atom. The Bertz CT molecular complexity index is 582. The van der Waals surface area contributed by atoms with Gasteiger partial charge in [-0.1, -0.05) is 12.1 Å². The van der Waals surface area contributed by atoms with Crippen molar-refractivity contribution in [1.29, 1.82) is 0 Å². The molecular weight excluding hydrogens is 311 g/mol. The number of aromatic amines is 1. The maximum absolute atomic E-state index is 13.1. The number of nitrogens with zero attached hydrogens (tertiary/aromatic N) is 1. The van der Waals surface area contributed by atoms with Gasteiger partial charge in [0, 0.05) is 23.8 Å². The predicted octanol–water partition coefficient (Wildman–Crippen LogP) is 3.58. The van der Waals surface area contributed by atoms with Gasteiger partial charge in [-0.2, -0.15) is 0 Å². The summed E-state index contributed by atoms with van der Waals surface area (Å²) in [6.07, 6.45) is 1.71. The van der Waals surface area contributed by atoms with Crippen LogP contribution in [0.15, 0.2) is 41.0 Å². The van der Waals surface area contributed by atoms with Crippen LogP contribution in [0.2, 0.25) is 0 Å². The van der Waals surface area contributed by atoms with E-state index in [1.54, 1.807) is 23.2 Å². The first-order valence-electron chi connectivity index (χ1n) is 5.97. The van der Waals surface area contributed by atoms with Crippen LogP contribution in [0.5, 0.6) is 0 Å². The van der Waals surface area contributed by atoms with E-state index >= 15 is 0 Å². The smallest absolute Gasteiger partial charge is 0.270 e. The first kappa shape index (κ1) is 13.8. The minimum Gasteiger partial charge on any atom is -0.356 e. The number of aromatic nitrogens is 1. The molecule has 0 fully saturated rings. The summed E-state index contributed by atoms with van der Waals surface area (Å²) >= 11 is 3.30. The van der Waals surface area contributed by atoms with Crippen molar-refractivity contribution in [2.45, 2.75) is 13.5 Å². The number of carbonyl (C=O) groups is 1. The highest BCUT2D eigenvalue weighted by Gasteiger charge is 2.16. The van der Waals surface area contributed by atoms with Crippen molar-refractivity contribution >= 4 is 21.8 Å². The molecule has 0 aliphatic carbocycles. The molecule has 1 amide bonds. The summed E-state index contributed by atoms with van der Waals surface area (Å²) in [4.78, 5) is 16.8. The van der Waals surface area contributed by atoms with Crippen molar-refractivity contribution in [3.63, 3.8) is 0 Å². The van der Waals surface area contributed by atoms with E-state index in [-0.39, 0.29) is 11.7 Å². The zero-order valence-corrected chi connectivity index (χ0v) is 12.1. The monoisotopic (exact) mass is 324 g/mol. The van der Waals surface area contributed by atoms with E-state index in [0.29, 0.717) is 18.8 Å².